The summed E-state index contributed by atoms with van der Waals surface area (Å²) in [4.78, 5) is 22.8. The van der Waals surface area contributed by atoms with Gasteiger partial charge in [-0.3, -0.25) is 9.59 Å². The summed E-state index contributed by atoms with van der Waals surface area (Å²) < 4.78 is 5.82. The van der Waals surface area contributed by atoms with Crippen LogP contribution in [-0.2, 0) is 14.3 Å². The van der Waals surface area contributed by atoms with E-state index in [9.17, 15) is 9.59 Å². The first-order chi connectivity index (χ1) is 18.5. The zero-order chi connectivity index (χ0) is 29.3. The van der Waals surface area contributed by atoms with Crippen molar-refractivity contribution in [3.05, 3.63) is 106 Å². The maximum absolute atomic E-state index is 12.2. The Morgan fingerprint density at radius 2 is 1.38 bits per heavy atom. The van der Waals surface area contributed by atoms with Crippen LogP contribution in [0.25, 0.3) is 0 Å². The van der Waals surface area contributed by atoms with Gasteiger partial charge < -0.3 is 4.74 Å². The van der Waals surface area contributed by atoms with E-state index in [2.05, 4.69) is 78.0 Å². The number of hydrogen-bond acceptors (Lipinski definition) is 3. The first kappa shape index (κ1) is 33.8. The fraction of sp³-hybridized carbons (Fsp3) is 0.444. The second-order valence-electron chi connectivity index (χ2n) is 11.3. The van der Waals surface area contributed by atoms with Crippen molar-refractivity contribution in [2.75, 3.05) is 0 Å². The van der Waals surface area contributed by atoms with Gasteiger partial charge in [0.25, 0.3) is 0 Å². The van der Waals surface area contributed by atoms with Gasteiger partial charge in [-0.2, -0.15) is 0 Å². The van der Waals surface area contributed by atoms with Crippen LogP contribution in [0.3, 0.4) is 0 Å². The third-order valence-corrected chi connectivity index (χ3v) is 6.71. The van der Waals surface area contributed by atoms with Crippen LogP contribution in [0.4, 0.5) is 0 Å². The maximum Gasteiger partial charge on any atom is 0.306 e. The molecule has 0 saturated carbocycles. The van der Waals surface area contributed by atoms with E-state index in [4.69, 9.17) is 4.74 Å². The Morgan fingerprint density at radius 3 is 1.92 bits per heavy atom. The van der Waals surface area contributed by atoms with Gasteiger partial charge in [0.1, 0.15) is 12.4 Å². The molecule has 1 aliphatic carbocycles. The number of carbonyl (C=O) groups excluding carboxylic acids is 2. The Labute approximate surface area is 238 Å². The lowest BCUT2D eigenvalue weighted by Crippen LogP contribution is -2.31. The number of hydrogen-bond donors (Lipinski definition) is 0. The number of carbonyl (C=O) groups is 2. The molecule has 1 atom stereocenters. The van der Waals surface area contributed by atoms with Crippen LogP contribution < -0.4 is 0 Å². The van der Waals surface area contributed by atoms with Gasteiger partial charge in [-0.1, -0.05) is 129 Å². The predicted molar refractivity (Wildman–Crippen MR) is 167 cm³/mol. The summed E-state index contributed by atoms with van der Waals surface area (Å²) >= 11 is 0. The maximum atomic E-state index is 12.2. The summed E-state index contributed by atoms with van der Waals surface area (Å²) in [5.74, 6) is -0.0553. The molecular weight excluding hydrogens is 480 g/mol. The average molecular weight is 531 g/mol. The highest BCUT2D eigenvalue weighted by Gasteiger charge is 2.34. The Kier molecular flexibility index (Phi) is 15.7. The molecule has 0 N–H and O–H groups in total. The molecular formula is C36H50O3. The van der Waals surface area contributed by atoms with Gasteiger partial charge in [-0.25, -0.2) is 0 Å². The minimum Gasteiger partial charge on any atom is -0.462 e. The summed E-state index contributed by atoms with van der Waals surface area (Å²) in [6, 6.07) is 0. The number of rotatable bonds is 14. The van der Waals surface area contributed by atoms with Crippen molar-refractivity contribution in [2.45, 2.75) is 100 Å². The largest absolute Gasteiger partial charge is 0.462 e. The van der Waals surface area contributed by atoms with E-state index in [1.54, 1.807) is 13.0 Å². The molecule has 39 heavy (non-hydrogen) atoms. The highest BCUT2D eigenvalue weighted by atomic mass is 16.5. The van der Waals surface area contributed by atoms with E-state index in [1.807, 2.05) is 37.3 Å². The lowest BCUT2D eigenvalue weighted by atomic mass is 9.71. The highest BCUT2D eigenvalue weighted by Crippen LogP contribution is 2.42. The molecule has 0 saturated heterocycles. The standard InChI is InChI=1S/C36H50O3/c1-9-10-11-22-35(38)39-33-25-32(6)34(36(7,8)26-33)24-23-30(4)20-14-18-28(2)16-12-13-17-29(3)19-15-21-31(5)27-37/h12-21,23-24,27,33H,9-11,22,25-26H2,1-8H3/b13-12+,18-14+,19-15+,24-23+,28-16+,29-17+,30-20+,31-21+/t33-/m1/s1. The monoisotopic (exact) mass is 530 g/mol. The number of unbranched alkanes of at least 4 members (excludes halogenated alkanes) is 2. The number of allylic oxidation sites excluding steroid dienone is 17. The van der Waals surface area contributed by atoms with Gasteiger partial charge in [-0.05, 0) is 64.0 Å². The topological polar surface area (TPSA) is 43.4 Å². The fourth-order valence-electron chi connectivity index (χ4n) is 4.53. The molecule has 0 amide bonds. The zero-order valence-corrected chi connectivity index (χ0v) is 25.6. The second kappa shape index (κ2) is 18.2. The number of ether oxygens (including phenoxy) is 1. The van der Waals surface area contributed by atoms with Crippen LogP contribution in [0.5, 0.6) is 0 Å². The summed E-state index contributed by atoms with van der Waals surface area (Å²) in [5, 5.41) is 0. The fourth-order valence-corrected chi connectivity index (χ4v) is 4.53. The molecule has 0 spiro atoms. The first-order valence-electron chi connectivity index (χ1n) is 14.2. The summed E-state index contributed by atoms with van der Waals surface area (Å²) in [6.07, 6.45) is 30.6. The van der Waals surface area contributed by atoms with E-state index in [0.717, 1.165) is 49.5 Å². The molecule has 0 aromatic carbocycles. The smallest absolute Gasteiger partial charge is 0.306 e. The quantitative estimate of drug-likeness (QED) is 0.0738. The minimum absolute atomic E-state index is 0.0274. The Hall–Kier alpha value is -3.20. The van der Waals surface area contributed by atoms with Crippen LogP contribution >= 0.6 is 0 Å². The van der Waals surface area contributed by atoms with Crippen LogP contribution in [-0.4, -0.2) is 18.4 Å². The normalized spacial score (nSPS) is 19.7. The first-order valence-corrected chi connectivity index (χ1v) is 14.2. The van der Waals surface area contributed by atoms with Crippen LogP contribution in [0, 0.1) is 5.41 Å². The molecule has 1 rings (SSSR count). The van der Waals surface area contributed by atoms with Gasteiger partial charge in [0.2, 0.25) is 0 Å². The van der Waals surface area contributed by atoms with E-state index in [-0.39, 0.29) is 17.5 Å². The van der Waals surface area contributed by atoms with Crippen molar-refractivity contribution >= 4 is 12.3 Å². The number of esters is 1. The molecule has 3 heteroatoms. The molecule has 3 nitrogen and oxygen atoms in total. The van der Waals surface area contributed by atoms with Crippen LogP contribution in [0.1, 0.15) is 93.9 Å². The van der Waals surface area contributed by atoms with Crippen LogP contribution in [0.15, 0.2) is 106 Å². The van der Waals surface area contributed by atoms with Gasteiger partial charge in [0.15, 0.2) is 0 Å². The van der Waals surface area contributed by atoms with E-state index in [1.165, 1.54) is 16.7 Å². The average Bonchev–Trinajstić information content (AvgIpc) is 2.85. The van der Waals surface area contributed by atoms with Gasteiger partial charge in [0.05, 0.1) is 0 Å². The van der Waals surface area contributed by atoms with Crippen molar-refractivity contribution in [1.29, 1.82) is 0 Å². The van der Waals surface area contributed by atoms with Crippen molar-refractivity contribution in [2.24, 2.45) is 5.41 Å². The van der Waals surface area contributed by atoms with E-state index in [0.29, 0.717) is 12.0 Å². The van der Waals surface area contributed by atoms with E-state index >= 15 is 0 Å². The number of aldehydes is 1. The molecule has 0 unspecified atom stereocenters. The second-order valence-corrected chi connectivity index (χ2v) is 11.3. The Bertz CT molecular complexity index is 1090. The molecule has 0 fully saturated rings. The van der Waals surface area contributed by atoms with Gasteiger partial charge in [-0.15, -0.1) is 0 Å². The zero-order valence-electron chi connectivity index (χ0n) is 25.6. The SMILES string of the molecule is CCCCCC(=O)O[C@@H]1CC(C)=C(/C=C/C(C)=C/C=C/C(C)=C/C=C/C=C(C)/C=C/C=C(\C)C=O)C(C)(C)C1. The molecule has 1 aliphatic rings. The highest BCUT2D eigenvalue weighted by molar-refractivity contribution is 5.72. The molecule has 0 aromatic heterocycles. The van der Waals surface area contributed by atoms with Crippen molar-refractivity contribution < 1.29 is 14.3 Å². The molecule has 0 radical (unpaired) electrons. The Balaban J connectivity index is 2.72. The molecule has 0 aromatic rings. The van der Waals surface area contributed by atoms with Gasteiger partial charge in [0, 0.05) is 12.8 Å². The summed E-state index contributed by atoms with van der Waals surface area (Å²) in [7, 11) is 0. The lowest BCUT2D eigenvalue weighted by molar-refractivity contribution is -0.150. The van der Waals surface area contributed by atoms with Crippen molar-refractivity contribution in [1.82, 2.24) is 0 Å². The summed E-state index contributed by atoms with van der Waals surface area (Å²) in [5.41, 5.74) is 6.76. The third kappa shape index (κ3) is 14.5. The molecule has 0 heterocycles. The minimum atomic E-state index is -0.0553. The summed E-state index contributed by atoms with van der Waals surface area (Å²) in [6.45, 7) is 16.8. The van der Waals surface area contributed by atoms with Crippen LogP contribution in [0.2, 0.25) is 0 Å². The predicted octanol–water partition coefficient (Wildman–Crippen LogP) is 9.82. The third-order valence-electron chi connectivity index (χ3n) is 6.71. The van der Waals surface area contributed by atoms with E-state index < -0.39 is 0 Å². The molecule has 0 aliphatic heterocycles. The Morgan fingerprint density at radius 1 is 0.846 bits per heavy atom. The van der Waals surface area contributed by atoms with Crippen molar-refractivity contribution in [3.8, 4) is 0 Å². The van der Waals surface area contributed by atoms with Crippen molar-refractivity contribution in [3.63, 3.8) is 0 Å². The molecule has 0 bridgehead atoms. The lowest BCUT2D eigenvalue weighted by Gasteiger charge is -2.37. The molecule has 212 valence electrons. The van der Waals surface area contributed by atoms with Gasteiger partial charge >= 0.3 is 5.97 Å².